The Morgan fingerprint density at radius 1 is 0.969 bits per heavy atom. The van der Waals surface area contributed by atoms with E-state index in [2.05, 4.69) is 5.32 Å². The Bertz CT molecular complexity index is 1060. The maximum Gasteiger partial charge on any atom is 0.331 e. The second-order valence-corrected chi connectivity index (χ2v) is 8.35. The molecule has 0 saturated heterocycles. The van der Waals surface area contributed by atoms with Crippen molar-refractivity contribution in [3.63, 3.8) is 0 Å². The molecule has 1 aliphatic heterocycles. The predicted octanol–water partition coefficient (Wildman–Crippen LogP) is 3.13. The number of amides is 3. The summed E-state index contributed by atoms with van der Waals surface area (Å²) < 4.78 is 4.95. The van der Waals surface area contributed by atoms with E-state index >= 15 is 0 Å². The average molecular weight is 434 g/mol. The fourth-order valence-corrected chi connectivity index (χ4v) is 4.54. The van der Waals surface area contributed by atoms with Gasteiger partial charge in [-0.2, -0.15) is 0 Å². The number of benzene rings is 2. The molecule has 7 nitrogen and oxygen atoms in total. The Kier molecular flexibility index (Phi) is 6.08. The van der Waals surface area contributed by atoms with E-state index in [4.69, 9.17) is 4.74 Å². The normalized spacial score (nSPS) is 17.1. The van der Waals surface area contributed by atoms with Crippen LogP contribution >= 0.6 is 0 Å². The maximum atomic E-state index is 13.0. The van der Waals surface area contributed by atoms with Gasteiger partial charge in [-0.25, -0.2) is 4.79 Å². The summed E-state index contributed by atoms with van der Waals surface area (Å²) in [6.45, 7) is 0.267. The summed E-state index contributed by atoms with van der Waals surface area (Å²) in [6, 6.07) is 14.1. The number of hydrogen-bond acceptors (Lipinski definition) is 5. The van der Waals surface area contributed by atoms with Gasteiger partial charge in [0.2, 0.25) is 0 Å². The van der Waals surface area contributed by atoms with Crippen LogP contribution in [0.3, 0.4) is 0 Å². The molecule has 0 bridgehead atoms. The predicted molar refractivity (Wildman–Crippen MR) is 117 cm³/mol. The fraction of sp³-hybridized carbons (Fsp3) is 0.360. The van der Waals surface area contributed by atoms with Gasteiger partial charge in [0.05, 0.1) is 18.2 Å². The van der Waals surface area contributed by atoms with Crippen LogP contribution in [-0.4, -0.2) is 47.8 Å². The molecule has 2 aromatic carbocycles. The minimum atomic E-state index is -1.05. The third kappa shape index (κ3) is 4.02. The molecule has 3 amide bonds. The zero-order valence-corrected chi connectivity index (χ0v) is 18.1. The molecule has 1 heterocycles. The van der Waals surface area contributed by atoms with Gasteiger partial charge in [0.1, 0.15) is 5.54 Å². The van der Waals surface area contributed by atoms with Crippen LogP contribution in [0, 0.1) is 0 Å². The minimum absolute atomic E-state index is 0.214. The molecule has 32 heavy (non-hydrogen) atoms. The highest BCUT2D eigenvalue weighted by atomic mass is 16.5. The van der Waals surface area contributed by atoms with Crippen LogP contribution in [-0.2, 0) is 16.0 Å². The van der Waals surface area contributed by atoms with Crippen molar-refractivity contribution in [2.24, 2.45) is 0 Å². The van der Waals surface area contributed by atoms with Gasteiger partial charge in [0, 0.05) is 12.1 Å². The van der Waals surface area contributed by atoms with Gasteiger partial charge in [-0.05, 0) is 43.0 Å². The Morgan fingerprint density at radius 3 is 2.34 bits per heavy atom. The zero-order valence-electron chi connectivity index (χ0n) is 18.1. The van der Waals surface area contributed by atoms with Crippen molar-refractivity contribution in [2.45, 2.75) is 44.1 Å². The van der Waals surface area contributed by atoms with E-state index in [-0.39, 0.29) is 23.6 Å². The zero-order chi connectivity index (χ0) is 22.7. The first-order valence-corrected chi connectivity index (χ1v) is 10.9. The van der Waals surface area contributed by atoms with Crippen molar-refractivity contribution in [2.75, 3.05) is 13.7 Å². The van der Waals surface area contributed by atoms with E-state index in [1.165, 1.54) is 30.2 Å². The number of carbonyl (C=O) groups is 4. The summed E-state index contributed by atoms with van der Waals surface area (Å²) in [5.41, 5.74) is 0.727. The molecule has 2 aromatic rings. The first-order chi connectivity index (χ1) is 15.4. The summed E-state index contributed by atoms with van der Waals surface area (Å²) in [7, 11) is 1.31. The third-order valence-corrected chi connectivity index (χ3v) is 6.34. The van der Waals surface area contributed by atoms with Crippen molar-refractivity contribution in [3.05, 3.63) is 70.8 Å². The minimum Gasteiger partial charge on any atom is -0.467 e. The molecular weight excluding hydrogens is 408 g/mol. The molecule has 0 radical (unpaired) electrons. The van der Waals surface area contributed by atoms with Crippen LogP contribution in [0.1, 0.15) is 68.7 Å². The van der Waals surface area contributed by atoms with Gasteiger partial charge in [-0.15, -0.1) is 0 Å². The van der Waals surface area contributed by atoms with Crippen LogP contribution in [0.25, 0.3) is 0 Å². The maximum absolute atomic E-state index is 13.0. The summed E-state index contributed by atoms with van der Waals surface area (Å²) >= 11 is 0. The molecule has 0 atom stereocenters. The monoisotopic (exact) mass is 434 g/mol. The lowest BCUT2D eigenvalue weighted by molar-refractivity contribution is -0.149. The summed E-state index contributed by atoms with van der Waals surface area (Å²) in [5, 5.41) is 2.85. The van der Waals surface area contributed by atoms with Gasteiger partial charge in [-0.3, -0.25) is 19.3 Å². The van der Waals surface area contributed by atoms with Gasteiger partial charge in [-0.1, -0.05) is 49.6 Å². The van der Waals surface area contributed by atoms with Crippen LogP contribution in [0.4, 0.5) is 0 Å². The molecule has 1 aliphatic carbocycles. The highest BCUT2D eigenvalue weighted by Crippen LogP contribution is 2.30. The van der Waals surface area contributed by atoms with Crippen molar-refractivity contribution in [1.82, 2.24) is 10.2 Å². The van der Waals surface area contributed by atoms with Gasteiger partial charge in [0.15, 0.2) is 0 Å². The third-order valence-electron chi connectivity index (χ3n) is 6.34. The van der Waals surface area contributed by atoms with E-state index in [9.17, 15) is 19.2 Å². The number of ether oxygens (including phenoxy) is 1. The number of methoxy groups -OCH3 is 1. The number of esters is 1. The van der Waals surface area contributed by atoms with E-state index in [1.54, 1.807) is 0 Å². The fourth-order valence-electron chi connectivity index (χ4n) is 4.54. The Morgan fingerprint density at radius 2 is 1.66 bits per heavy atom. The average Bonchev–Trinajstić information content (AvgIpc) is 3.07. The topological polar surface area (TPSA) is 92.8 Å². The lowest BCUT2D eigenvalue weighted by atomic mass is 9.81. The largest absolute Gasteiger partial charge is 0.467 e. The first-order valence-electron chi connectivity index (χ1n) is 10.9. The molecule has 1 saturated carbocycles. The molecule has 0 aromatic heterocycles. The second-order valence-electron chi connectivity index (χ2n) is 8.35. The molecule has 7 heteroatoms. The summed E-state index contributed by atoms with van der Waals surface area (Å²) in [5.74, 6) is -1.67. The molecule has 0 spiro atoms. The SMILES string of the molecule is COC(=O)C1(NC(=O)c2ccc3c(c2)C(=O)N(CCc2ccccc2)C3=O)CCCCC1. The molecule has 166 valence electrons. The first kappa shape index (κ1) is 21.7. The molecule has 1 fully saturated rings. The number of fused-ring (bicyclic) bond motifs is 1. The number of nitrogens with zero attached hydrogens (tertiary/aromatic N) is 1. The molecule has 0 unspecified atom stereocenters. The van der Waals surface area contributed by atoms with Crippen LogP contribution < -0.4 is 5.32 Å². The molecule has 2 aliphatic rings. The molecule has 4 rings (SSSR count). The number of rotatable bonds is 6. The second kappa shape index (κ2) is 8.94. The van der Waals surface area contributed by atoms with Crippen molar-refractivity contribution >= 4 is 23.7 Å². The number of imide groups is 1. The Balaban J connectivity index is 1.51. The lowest BCUT2D eigenvalue weighted by Crippen LogP contribution is -2.56. The molecule has 1 N–H and O–H groups in total. The van der Waals surface area contributed by atoms with Crippen molar-refractivity contribution < 1.29 is 23.9 Å². The van der Waals surface area contributed by atoms with E-state index in [1.807, 2.05) is 30.3 Å². The van der Waals surface area contributed by atoms with E-state index < -0.39 is 23.3 Å². The quantitative estimate of drug-likeness (QED) is 0.557. The highest BCUT2D eigenvalue weighted by molar-refractivity contribution is 6.22. The Labute approximate surface area is 186 Å². The summed E-state index contributed by atoms with van der Waals surface area (Å²) in [6.07, 6.45) is 4.23. The smallest absolute Gasteiger partial charge is 0.331 e. The standard InChI is InChI=1S/C25H26N2O5/c1-32-24(31)25(13-6-3-7-14-25)26-21(28)18-10-11-19-20(16-18)23(30)27(22(19)29)15-12-17-8-4-2-5-9-17/h2,4-5,8-11,16H,3,6-7,12-15H2,1H3,(H,26,28). The van der Waals surface area contributed by atoms with Crippen LogP contribution in [0.15, 0.2) is 48.5 Å². The summed E-state index contributed by atoms with van der Waals surface area (Å²) in [4.78, 5) is 52.3. The van der Waals surface area contributed by atoms with E-state index in [0.717, 1.165) is 24.8 Å². The lowest BCUT2D eigenvalue weighted by Gasteiger charge is -2.35. The van der Waals surface area contributed by atoms with Crippen LogP contribution in [0.5, 0.6) is 0 Å². The Hall–Kier alpha value is -3.48. The number of nitrogens with one attached hydrogen (secondary N) is 1. The van der Waals surface area contributed by atoms with Gasteiger partial charge >= 0.3 is 5.97 Å². The van der Waals surface area contributed by atoms with Crippen molar-refractivity contribution in [1.29, 1.82) is 0 Å². The number of hydrogen-bond donors (Lipinski definition) is 1. The van der Waals surface area contributed by atoms with Crippen LogP contribution in [0.2, 0.25) is 0 Å². The van der Waals surface area contributed by atoms with Gasteiger partial charge < -0.3 is 10.1 Å². The molecular formula is C25H26N2O5. The van der Waals surface area contributed by atoms with Gasteiger partial charge in [0.25, 0.3) is 17.7 Å². The van der Waals surface area contributed by atoms with E-state index in [0.29, 0.717) is 24.8 Å². The number of carbonyl (C=O) groups excluding carboxylic acids is 4. The highest BCUT2D eigenvalue weighted by Gasteiger charge is 2.42. The van der Waals surface area contributed by atoms with Crippen molar-refractivity contribution in [3.8, 4) is 0 Å².